The number of hydrogen-bond donors (Lipinski definition) is 1. The summed E-state index contributed by atoms with van der Waals surface area (Å²) in [5.41, 5.74) is -0.241. The van der Waals surface area contributed by atoms with E-state index >= 15 is 0 Å². The van der Waals surface area contributed by atoms with E-state index < -0.39 is 11.8 Å². The summed E-state index contributed by atoms with van der Waals surface area (Å²) in [5, 5.41) is 9.05. The summed E-state index contributed by atoms with van der Waals surface area (Å²) in [6, 6.07) is 5.61. The van der Waals surface area contributed by atoms with Crippen molar-refractivity contribution in [1.29, 1.82) is 0 Å². The average molecular weight is 312 g/mol. The number of aromatic carboxylic acids is 1. The Hall–Kier alpha value is -1.92. The standard InChI is InChI=1S/C13H7ClFNO3S/c14-9-3-4-10(8(6-17)11(9)15)20-12-7(13(18)19)2-1-5-16-12/h1-6H,(H,18,19). The number of aldehydes is 1. The van der Waals surface area contributed by atoms with Crippen LogP contribution in [0.1, 0.15) is 20.7 Å². The van der Waals surface area contributed by atoms with Gasteiger partial charge in [-0.1, -0.05) is 23.4 Å². The molecular weight excluding hydrogens is 305 g/mol. The molecule has 0 aliphatic carbocycles. The highest BCUT2D eigenvalue weighted by Gasteiger charge is 2.17. The van der Waals surface area contributed by atoms with Crippen LogP contribution in [0.4, 0.5) is 4.39 Å². The van der Waals surface area contributed by atoms with Crippen molar-refractivity contribution >= 4 is 35.6 Å². The number of pyridine rings is 1. The quantitative estimate of drug-likeness (QED) is 0.875. The zero-order chi connectivity index (χ0) is 14.7. The molecule has 0 saturated heterocycles. The summed E-state index contributed by atoms with van der Waals surface area (Å²) < 4.78 is 13.7. The van der Waals surface area contributed by atoms with Crippen molar-refractivity contribution < 1.29 is 19.1 Å². The van der Waals surface area contributed by atoms with E-state index in [1.54, 1.807) is 0 Å². The fourth-order valence-corrected chi connectivity index (χ4v) is 2.62. The number of carbonyl (C=O) groups is 2. The van der Waals surface area contributed by atoms with E-state index in [1.165, 1.54) is 30.5 Å². The number of halogens is 2. The molecule has 1 aromatic heterocycles. The molecule has 0 fully saturated rings. The summed E-state index contributed by atoms with van der Waals surface area (Å²) >= 11 is 6.49. The van der Waals surface area contributed by atoms with Crippen molar-refractivity contribution in [2.75, 3.05) is 0 Å². The Kier molecular flexibility index (Phi) is 4.36. The lowest BCUT2D eigenvalue weighted by Crippen LogP contribution is -2.01. The van der Waals surface area contributed by atoms with Crippen molar-refractivity contribution in [2.45, 2.75) is 9.92 Å². The first kappa shape index (κ1) is 14.5. The minimum Gasteiger partial charge on any atom is -0.478 e. The van der Waals surface area contributed by atoms with Gasteiger partial charge >= 0.3 is 5.97 Å². The summed E-state index contributed by atoms with van der Waals surface area (Å²) in [5.74, 6) is -1.98. The van der Waals surface area contributed by atoms with Gasteiger partial charge in [-0.2, -0.15) is 0 Å². The van der Waals surface area contributed by atoms with Crippen molar-refractivity contribution in [1.82, 2.24) is 4.98 Å². The van der Waals surface area contributed by atoms with Gasteiger partial charge in [0, 0.05) is 11.1 Å². The van der Waals surface area contributed by atoms with E-state index in [0.717, 1.165) is 11.8 Å². The Bertz CT molecular complexity index is 693. The van der Waals surface area contributed by atoms with Crippen LogP contribution in [0, 0.1) is 5.82 Å². The Morgan fingerprint density at radius 1 is 1.40 bits per heavy atom. The molecular formula is C13H7ClFNO3S. The molecule has 0 bridgehead atoms. The van der Waals surface area contributed by atoms with Crippen LogP contribution in [0.3, 0.4) is 0 Å². The molecule has 2 aromatic rings. The number of rotatable bonds is 4. The third-order valence-corrected chi connectivity index (χ3v) is 3.81. The van der Waals surface area contributed by atoms with E-state index in [4.69, 9.17) is 16.7 Å². The molecule has 0 spiro atoms. The molecule has 4 nitrogen and oxygen atoms in total. The topological polar surface area (TPSA) is 67.3 Å². The van der Waals surface area contributed by atoms with Gasteiger partial charge in [0.2, 0.25) is 0 Å². The van der Waals surface area contributed by atoms with Gasteiger partial charge in [0.05, 0.1) is 16.1 Å². The Morgan fingerprint density at radius 2 is 2.15 bits per heavy atom. The minimum atomic E-state index is -1.15. The molecule has 20 heavy (non-hydrogen) atoms. The first-order chi connectivity index (χ1) is 9.54. The number of carboxylic acid groups (broad SMARTS) is 1. The van der Waals surface area contributed by atoms with E-state index in [1.807, 2.05) is 0 Å². The number of hydrogen-bond acceptors (Lipinski definition) is 4. The number of carboxylic acids is 1. The second-order valence-electron chi connectivity index (χ2n) is 3.65. The molecule has 0 saturated carbocycles. The van der Waals surface area contributed by atoms with E-state index in [-0.39, 0.29) is 26.1 Å². The average Bonchev–Trinajstić information content (AvgIpc) is 2.43. The third kappa shape index (κ3) is 2.81. The van der Waals surface area contributed by atoms with Crippen LogP contribution in [-0.4, -0.2) is 22.3 Å². The normalized spacial score (nSPS) is 10.3. The molecule has 1 aromatic carbocycles. The monoisotopic (exact) mass is 311 g/mol. The zero-order valence-electron chi connectivity index (χ0n) is 9.84. The van der Waals surface area contributed by atoms with Crippen molar-refractivity contribution in [3.05, 3.63) is 52.4 Å². The van der Waals surface area contributed by atoms with Gasteiger partial charge in [-0.25, -0.2) is 14.2 Å². The van der Waals surface area contributed by atoms with Crippen LogP contribution in [0.2, 0.25) is 5.02 Å². The van der Waals surface area contributed by atoms with Gasteiger partial charge in [-0.05, 0) is 24.3 Å². The predicted octanol–water partition coefficient (Wildman–Crippen LogP) is 3.54. The highest BCUT2D eigenvalue weighted by molar-refractivity contribution is 7.99. The second kappa shape index (κ2) is 6.02. The van der Waals surface area contributed by atoms with Crippen LogP contribution in [0.25, 0.3) is 0 Å². The summed E-state index contributed by atoms with van der Waals surface area (Å²) in [6.07, 6.45) is 1.76. The molecule has 0 atom stereocenters. The van der Waals surface area contributed by atoms with Crippen LogP contribution < -0.4 is 0 Å². The molecule has 0 aliphatic rings. The Morgan fingerprint density at radius 3 is 2.80 bits per heavy atom. The highest BCUT2D eigenvalue weighted by atomic mass is 35.5. The molecule has 0 radical (unpaired) electrons. The van der Waals surface area contributed by atoms with Crippen molar-refractivity contribution in [3.63, 3.8) is 0 Å². The molecule has 2 rings (SSSR count). The predicted molar refractivity (Wildman–Crippen MR) is 72.1 cm³/mol. The molecule has 0 unspecified atom stereocenters. The third-order valence-electron chi connectivity index (χ3n) is 2.42. The molecule has 0 aliphatic heterocycles. The van der Waals surface area contributed by atoms with E-state index in [2.05, 4.69) is 4.98 Å². The summed E-state index contributed by atoms with van der Waals surface area (Å²) in [4.78, 5) is 26.2. The maximum absolute atomic E-state index is 13.7. The van der Waals surface area contributed by atoms with Crippen LogP contribution in [0.15, 0.2) is 40.4 Å². The van der Waals surface area contributed by atoms with Crippen LogP contribution in [-0.2, 0) is 0 Å². The summed E-state index contributed by atoms with van der Waals surface area (Å²) in [6.45, 7) is 0. The van der Waals surface area contributed by atoms with Crippen molar-refractivity contribution in [3.8, 4) is 0 Å². The van der Waals surface area contributed by atoms with Crippen LogP contribution in [0.5, 0.6) is 0 Å². The van der Waals surface area contributed by atoms with Gasteiger partial charge in [-0.15, -0.1) is 0 Å². The SMILES string of the molecule is O=Cc1c(Sc2ncccc2C(=O)O)ccc(Cl)c1F. The lowest BCUT2D eigenvalue weighted by Gasteiger charge is -2.08. The maximum atomic E-state index is 13.7. The number of benzene rings is 1. The fourth-order valence-electron chi connectivity index (χ4n) is 1.49. The van der Waals surface area contributed by atoms with Gasteiger partial charge < -0.3 is 5.11 Å². The molecule has 102 valence electrons. The van der Waals surface area contributed by atoms with Gasteiger partial charge in [-0.3, -0.25) is 4.79 Å². The van der Waals surface area contributed by atoms with Crippen LogP contribution >= 0.6 is 23.4 Å². The Balaban J connectivity index is 2.48. The van der Waals surface area contributed by atoms with Crippen molar-refractivity contribution in [2.24, 2.45) is 0 Å². The fraction of sp³-hybridized carbons (Fsp3) is 0. The molecule has 1 N–H and O–H groups in total. The number of aromatic nitrogens is 1. The summed E-state index contributed by atoms with van der Waals surface area (Å²) in [7, 11) is 0. The largest absolute Gasteiger partial charge is 0.478 e. The molecule has 0 amide bonds. The molecule has 1 heterocycles. The lowest BCUT2D eigenvalue weighted by molar-refractivity contribution is 0.0692. The maximum Gasteiger partial charge on any atom is 0.338 e. The van der Waals surface area contributed by atoms with Gasteiger partial charge in [0.1, 0.15) is 5.03 Å². The first-order valence-electron chi connectivity index (χ1n) is 5.34. The van der Waals surface area contributed by atoms with Gasteiger partial charge in [0.25, 0.3) is 0 Å². The number of carbonyl (C=O) groups excluding carboxylic acids is 1. The lowest BCUT2D eigenvalue weighted by atomic mass is 10.2. The van der Waals surface area contributed by atoms with Gasteiger partial charge in [0.15, 0.2) is 12.1 Å². The Labute approximate surface area is 122 Å². The van der Waals surface area contributed by atoms with E-state index in [0.29, 0.717) is 6.29 Å². The number of nitrogens with zero attached hydrogens (tertiary/aromatic N) is 1. The first-order valence-corrected chi connectivity index (χ1v) is 6.53. The smallest absolute Gasteiger partial charge is 0.338 e. The molecule has 7 heteroatoms. The zero-order valence-corrected chi connectivity index (χ0v) is 11.4. The second-order valence-corrected chi connectivity index (χ2v) is 5.09. The highest BCUT2D eigenvalue weighted by Crippen LogP contribution is 2.33. The van der Waals surface area contributed by atoms with E-state index in [9.17, 15) is 14.0 Å². The minimum absolute atomic E-state index is 0.0234.